The third-order valence-corrected chi connectivity index (χ3v) is 5.64. The minimum absolute atomic E-state index is 0.0768. The van der Waals surface area contributed by atoms with Crippen LogP contribution in [0.25, 0.3) is 0 Å². The topological polar surface area (TPSA) is 70.7 Å². The summed E-state index contributed by atoms with van der Waals surface area (Å²) in [7, 11) is 1.60. The smallest absolute Gasteiger partial charge is 0.251 e. The maximum Gasteiger partial charge on any atom is 0.251 e. The molecule has 0 radical (unpaired) electrons. The second kappa shape index (κ2) is 9.14. The van der Waals surface area contributed by atoms with E-state index in [9.17, 15) is 9.59 Å². The number of para-hydroxylation sites is 2. The second-order valence-corrected chi connectivity index (χ2v) is 8.13. The monoisotopic (exact) mass is 429 g/mol. The molecule has 0 unspecified atom stereocenters. The highest BCUT2D eigenvalue weighted by atomic mass is 16.5. The predicted octanol–water partition coefficient (Wildman–Crippen LogP) is 4.96. The predicted molar refractivity (Wildman–Crippen MR) is 127 cm³/mol. The summed E-state index contributed by atoms with van der Waals surface area (Å²) in [5, 5.41) is 5.92. The van der Waals surface area contributed by atoms with Gasteiger partial charge in [0.1, 0.15) is 11.8 Å². The Balaban J connectivity index is 1.71. The van der Waals surface area contributed by atoms with Crippen molar-refractivity contribution in [3.05, 3.63) is 83.9 Å². The number of carbonyl (C=O) groups excluding carboxylic acids is 2. The summed E-state index contributed by atoms with van der Waals surface area (Å²) >= 11 is 0. The number of hydrogen-bond acceptors (Lipinski definition) is 4. The van der Waals surface area contributed by atoms with Crippen molar-refractivity contribution in [2.24, 2.45) is 0 Å². The number of amides is 2. The molecule has 1 aliphatic rings. The number of fused-ring (bicyclic) bond motifs is 1. The first kappa shape index (κ1) is 21.4. The number of ether oxygens (including phenoxy) is 1. The van der Waals surface area contributed by atoms with E-state index in [0.29, 0.717) is 23.0 Å². The highest BCUT2D eigenvalue weighted by molar-refractivity contribution is 6.05. The highest BCUT2D eigenvalue weighted by Gasteiger charge is 2.33. The quantitative estimate of drug-likeness (QED) is 0.581. The van der Waals surface area contributed by atoms with Gasteiger partial charge in [-0.15, -0.1) is 0 Å². The van der Waals surface area contributed by atoms with Crippen LogP contribution in [0.15, 0.2) is 72.8 Å². The lowest BCUT2D eigenvalue weighted by molar-refractivity contribution is -0.118. The second-order valence-electron chi connectivity index (χ2n) is 8.13. The van der Waals surface area contributed by atoms with Crippen LogP contribution < -0.4 is 20.3 Å². The average molecular weight is 430 g/mol. The molecule has 3 aromatic rings. The van der Waals surface area contributed by atoms with Crippen molar-refractivity contribution < 1.29 is 14.3 Å². The molecular formula is C26H27N3O3. The molecule has 0 spiro atoms. The molecule has 32 heavy (non-hydrogen) atoms. The number of carbonyl (C=O) groups is 2. The SMILES string of the molecule is COc1ccc([C@@H](C(=O)Nc2ccc(C(C)C)cc2)N2CC(=O)Nc3ccccc32)cc1. The fraction of sp³-hybridized carbons (Fsp3) is 0.231. The van der Waals surface area contributed by atoms with E-state index < -0.39 is 6.04 Å². The fourth-order valence-electron chi connectivity index (χ4n) is 3.91. The summed E-state index contributed by atoms with van der Waals surface area (Å²) in [6.07, 6.45) is 0. The molecule has 0 aromatic heterocycles. The third-order valence-electron chi connectivity index (χ3n) is 5.64. The first-order chi connectivity index (χ1) is 15.5. The summed E-state index contributed by atoms with van der Waals surface area (Å²) in [5.41, 5.74) is 4.19. The van der Waals surface area contributed by atoms with E-state index in [2.05, 4.69) is 24.5 Å². The summed E-state index contributed by atoms with van der Waals surface area (Å²) in [6, 6.07) is 22.0. The Morgan fingerprint density at radius 2 is 1.62 bits per heavy atom. The molecule has 6 nitrogen and oxygen atoms in total. The average Bonchev–Trinajstić information content (AvgIpc) is 2.80. The van der Waals surface area contributed by atoms with Crippen LogP contribution in [-0.4, -0.2) is 25.5 Å². The number of hydrogen-bond donors (Lipinski definition) is 2. The van der Waals surface area contributed by atoms with Gasteiger partial charge in [-0.25, -0.2) is 0 Å². The molecule has 1 aliphatic heterocycles. The van der Waals surface area contributed by atoms with Crippen molar-refractivity contribution >= 4 is 28.9 Å². The molecule has 2 N–H and O–H groups in total. The van der Waals surface area contributed by atoms with Crippen LogP contribution in [0, 0.1) is 0 Å². The van der Waals surface area contributed by atoms with E-state index in [4.69, 9.17) is 4.74 Å². The number of nitrogens with one attached hydrogen (secondary N) is 2. The standard InChI is InChI=1S/C26H27N3O3/c1-17(2)18-8-12-20(13-9-18)27-26(31)25(19-10-14-21(32-3)15-11-19)29-16-24(30)28-22-6-4-5-7-23(22)29/h4-15,17,25H,16H2,1-3H3,(H,27,31)(H,28,30)/t25-/m0/s1. The maximum absolute atomic E-state index is 13.6. The number of rotatable bonds is 6. The van der Waals surface area contributed by atoms with Gasteiger partial charge in [-0.3, -0.25) is 9.59 Å². The van der Waals surface area contributed by atoms with Crippen LogP contribution in [0.3, 0.4) is 0 Å². The number of nitrogens with zero attached hydrogens (tertiary/aromatic N) is 1. The van der Waals surface area contributed by atoms with Gasteiger partial charge in [0.05, 0.1) is 25.0 Å². The van der Waals surface area contributed by atoms with Crippen LogP contribution in [0.4, 0.5) is 17.1 Å². The number of anilines is 3. The zero-order valence-corrected chi connectivity index (χ0v) is 18.5. The third kappa shape index (κ3) is 4.44. The van der Waals surface area contributed by atoms with E-state index in [-0.39, 0.29) is 18.4 Å². The summed E-state index contributed by atoms with van der Waals surface area (Å²) in [4.78, 5) is 27.9. The molecule has 164 valence electrons. The summed E-state index contributed by atoms with van der Waals surface area (Å²) in [5.74, 6) is 0.748. The summed E-state index contributed by atoms with van der Waals surface area (Å²) in [6.45, 7) is 4.34. The fourth-order valence-corrected chi connectivity index (χ4v) is 3.91. The maximum atomic E-state index is 13.6. The molecule has 0 saturated heterocycles. The highest BCUT2D eigenvalue weighted by Crippen LogP contribution is 2.36. The van der Waals surface area contributed by atoms with Crippen LogP contribution >= 0.6 is 0 Å². The zero-order chi connectivity index (χ0) is 22.7. The lowest BCUT2D eigenvalue weighted by atomic mass is 10.0. The minimum atomic E-state index is -0.696. The Kier molecular flexibility index (Phi) is 6.12. The van der Waals surface area contributed by atoms with Gasteiger partial charge in [-0.05, 0) is 53.4 Å². The van der Waals surface area contributed by atoms with Crippen molar-refractivity contribution in [1.82, 2.24) is 0 Å². The van der Waals surface area contributed by atoms with Crippen molar-refractivity contribution in [2.75, 3.05) is 29.2 Å². The number of benzene rings is 3. The normalized spacial score (nSPS) is 13.9. The van der Waals surface area contributed by atoms with Crippen LogP contribution in [0.1, 0.15) is 36.9 Å². The lowest BCUT2D eigenvalue weighted by Crippen LogP contribution is -2.45. The first-order valence-electron chi connectivity index (χ1n) is 10.7. The van der Waals surface area contributed by atoms with E-state index >= 15 is 0 Å². The lowest BCUT2D eigenvalue weighted by Gasteiger charge is -2.36. The molecule has 4 rings (SSSR count). The van der Waals surface area contributed by atoms with Crippen molar-refractivity contribution in [2.45, 2.75) is 25.8 Å². The Morgan fingerprint density at radius 1 is 0.969 bits per heavy atom. The Hall–Kier alpha value is -3.80. The van der Waals surface area contributed by atoms with Crippen LogP contribution in [-0.2, 0) is 9.59 Å². The molecule has 0 bridgehead atoms. The summed E-state index contributed by atoms with van der Waals surface area (Å²) < 4.78 is 5.28. The Morgan fingerprint density at radius 3 is 2.28 bits per heavy atom. The van der Waals surface area contributed by atoms with Gasteiger partial charge < -0.3 is 20.3 Å². The Labute approximate surface area is 188 Å². The van der Waals surface area contributed by atoms with Gasteiger partial charge in [0, 0.05) is 5.69 Å². The van der Waals surface area contributed by atoms with Crippen LogP contribution in [0.2, 0.25) is 0 Å². The molecule has 6 heteroatoms. The molecule has 0 aliphatic carbocycles. The van der Waals surface area contributed by atoms with Gasteiger partial charge in [0.15, 0.2) is 0 Å². The Bertz CT molecular complexity index is 1110. The van der Waals surface area contributed by atoms with E-state index in [1.54, 1.807) is 7.11 Å². The molecule has 2 amide bonds. The molecule has 1 heterocycles. The van der Waals surface area contributed by atoms with E-state index in [1.165, 1.54) is 5.56 Å². The zero-order valence-electron chi connectivity index (χ0n) is 18.5. The molecule has 1 atom stereocenters. The van der Waals surface area contributed by atoms with Crippen LogP contribution in [0.5, 0.6) is 5.75 Å². The van der Waals surface area contributed by atoms with Gasteiger partial charge in [0.2, 0.25) is 5.91 Å². The van der Waals surface area contributed by atoms with Gasteiger partial charge in [-0.1, -0.05) is 50.2 Å². The molecule has 0 saturated carbocycles. The molecular weight excluding hydrogens is 402 g/mol. The molecule has 0 fully saturated rings. The largest absolute Gasteiger partial charge is 0.497 e. The minimum Gasteiger partial charge on any atom is -0.497 e. The number of methoxy groups -OCH3 is 1. The van der Waals surface area contributed by atoms with E-state index in [0.717, 1.165) is 11.3 Å². The van der Waals surface area contributed by atoms with Gasteiger partial charge >= 0.3 is 0 Å². The van der Waals surface area contributed by atoms with Gasteiger partial charge in [-0.2, -0.15) is 0 Å². The van der Waals surface area contributed by atoms with E-state index in [1.807, 2.05) is 77.7 Å². The molecule has 3 aromatic carbocycles. The van der Waals surface area contributed by atoms with Crippen molar-refractivity contribution in [3.8, 4) is 5.75 Å². The van der Waals surface area contributed by atoms with Crippen molar-refractivity contribution in [1.29, 1.82) is 0 Å². The van der Waals surface area contributed by atoms with Crippen molar-refractivity contribution in [3.63, 3.8) is 0 Å². The van der Waals surface area contributed by atoms with Gasteiger partial charge in [0.25, 0.3) is 5.91 Å². The first-order valence-corrected chi connectivity index (χ1v) is 10.7.